The summed E-state index contributed by atoms with van der Waals surface area (Å²) in [4.78, 5) is 2.53. The van der Waals surface area contributed by atoms with E-state index in [9.17, 15) is 0 Å². The Kier molecular flexibility index (Phi) is 6.21. The van der Waals surface area contributed by atoms with Gasteiger partial charge in [-0.05, 0) is 57.4 Å². The number of benzene rings is 1. The highest BCUT2D eigenvalue weighted by atomic mass is 79.9. The van der Waals surface area contributed by atoms with Gasteiger partial charge in [0.2, 0.25) is 0 Å². The van der Waals surface area contributed by atoms with Crippen LogP contribution in [-0.2, 0) is 6.54 Å². The van der Waals surface area contributed by atoms with Crippen LogP contribution in [0.5, 0.6) is 0 Å². The van der Waals surface area contributed by atoms with E-state index in [1.807, 2.05) is 0 Å². The maximum atomic E-state index is 3.51. The Morgan fingerprint density at radius 3 is 2.41 bits per heavy atom. The first kappa shape index (κ1) is 14.7. The van der Waals surface area contributed by atoms with Gasteiger partial charge in [-0.15, -0.1) is 0 Å². The number of hydrogen-bond donors (Lipinski definition) is 0. The third kappa shape index (κ3) is 4.81. The molecule has 0 spiro atoms. The Labute approximate surface area is 114 Å². The zero-order valence-electron chi connectivity index (χ0n) is 11.5. The molecule has 0 heterocycles. The average Bonchev–Trinajstić information content (AvgIpc) is 2.28. The SMILES string of the molecule is Cc1ccc(CN(CCCBr)C(C)C)cc1C. The first-order valence-electron chi connectivity index (χ1n) is 6.40. The van der Waals surface area contributed by atoms with Crippen molar-refractivity contribution >= 4 is 15.9 Å². The van der Waals surface area contributed by atoms with Crippen LogP contribution in [0.4, 0.5) is 0 Å². The number of rotatable bonds is 6. The molecule has 2 heteroatoms. The van der Waals surface area contributed by atoms with Crippen molar-refractivity contribution in [2.45, 2.75) is 46.7 Å². The molecule has 0 aliphatic rings. The average molecular weight is 298 g/mol. The summed E-state index contributed by atoms with van der Waals surface area (Å²) in [6, 6.07) is 7.41. The fraction of sp³-hybridized carbons (Fsp3) is 0.600. The van der Waals surface area contributed by atoms with Crippen LogP contribution < -0.4 is 0 Å². The molecular weight excluding hydrogens is 274 g/mol. The maximum Gasteiger partial charge on any atom is 0.0236 e. The van der Waals surface area contributed by atoms with Crippen LogP contribution in [0.25, 0.3) is 0 Å². The fourth-order valence-electron chi connectivity index (χ4n) is 1.92. The van der Waals surface area contributed by atoms with Crippen LogP contribution in [0.1, 0.15) is 37.0 Å². The van der Waals surface area contributed by atoms with Crippen molar-refractivity contribution < 1.29 is 0 Å². The number of hydrogen-bond acceptors (Lipinski definition) is 1. The van der Waals surface area contributed by atoms with Crippen molar-refractivity contribution in [1.82, 2.24) is 4.90 Å². The fourth-order valence-corrected chi connectivity index (χ4v) is 2.17. The van der Waals surface area contributed by atoms with Gasteiger partial charge in [-0.3, -0.25) is 4.90 Å². The maximum absolute atomic E-state index is 3.51. The zero-order chi connectivity index (χ0) is 12.8. The number of nitrogens with zero attached hydrogens (tertiary/aromatic N) is 1. The van der Waals surface area contributed by atoms with Crippen LogP contribution in [-0.4, -0.2) is 22.8 Å². The van der Waals surface area contributed by atoms with Gasteiger partial charge in [0.15, 0.2) is 0 Å². The molecule has 0 atom stereocenters. The molecule has 96 valence electrons. The molecule has 0 unspecified atom stereocenters. The molecule has 0 fully saturated rings. The molecule has 17 heavy (non-hydrogen) atoms. The first-order valence-corrected chi connectivity index (χ1v) is 7.53. The van der Waals surface area contributed by atoms with Crippen molar-refractivity contribution in [3.8, 4) is 0 Å². The Morgan fingerprint density at radius 1 is 1.18 bits per heavy atom. The molecular formula is C15H24BrN. The van der Waals surface area contributed by atoms with Gasteiger partial charge in [0, 0.05) is 17.9 Å². The monoisotopic (exact) mass is 297 g/mol. The molecule has 0 N–H and O–H groups in total. The molecule has 1 aromatic carbocycles. The summed E-state index contributed by atoms with van der Waals surface area (Å²) >= 11 is 3.51. The Balaban J connectivity index is 2.68. The number of halogens is 1. The van der Waals surface area contributed by atoms with Crippen LogP contribution in [0.15, 0.2) is 18.2 Å². The third-order valence-electron chi connectivity index (χ3n) is 3.27. The van der Waals surface area contributed by atoms with Gasteiger partial charge < -0.3 is 0 Å². The van der Waals surface area contributed by atoms with E-state index in [1.54, 1.807) is 0 Å². The first-order chi connectivity index (χ1) is 8.04. The molecule has 0 aliphatic heterocycles. The van der Waals surface area contributed by atoms with Gasteiger partial charge in [0.05, 0.1) is 0 Å². The topological polar surface area (TPSA) is 3.24 Å². The zero-order valence-corrected chi connectivity index (χ0v) is 13.0. The molecule has 0 amide bonds. The van der Waals surface area contributed by atoms with E-state index in [4.69, 9.17) is 0 Å². The second kappa shape index (κ2) is 7.17. The summed E-state index contributed by atoms with van der Waals surface area (Å²) in [5.74, 6) is 0. The quantitative estimate of drug-likeness (QED) is 0.708. The Bertz CT molecular complexity index is 347. The smallest absolute Gasteiger partial charge is 0.0236 e. The van der Waals surface area contributed by atoms with Gasteiger partial charge in [-0.2, -0.15) is 0 Å². The summed E-state index contributed by atoms with van der Waals surface area (Å²) < 4.78 is 0. The van der Waals surface area contributed by atoms with E-state index in [2.05, 4.69) is 66.7 Å². The summed E-state index contributed by atoms with van der Waals surface area (Å²) in [5, 5.41) is 1.09. The van der Waals surface area contributed by atoms with Crippen molar-refractivity contribution in [2.75, 3.05) is 11.9 Å². The van der Waals surface area contributed by atoms with Gasteiger partial charge in [-0.1, -0.05) is 34.1 Å². The largest absolute Gasteiger partial charge is 0.297 e. The van der Waals surface area contributed by atoms with E-state index in [0.717, 1.165) is 18.4 Å². The Morgan fingerprint density at radius 2 is 1.88 bits per heavy atom. The molecule has 0 bridgehead atoms. The normalized spacial score (nSPS) is 11.5. The summed E-state index contributed by atoms with van der Waals surface area (Å²) in [6.07, 6.45) is 1.21. The van der Waals surface area contributed by atoms with Crippen LogP contribution in [0.2, 0.25) is 0 Å². The molecule has 1 aromatic rings. The van der Waals surface area contributed by atoms with E-state index in [-0.39, 0.29) is 0 Å². The predicted molar refractivity (Wildman–Crippen MR) is 79.9 cm³/mol. The molecule has 0 saturated heterocycles. The van der Waals surface area contributed by atoms with Crippen molar-refractivity contribution in [1.29, 1.82) is 0 Å². The van der Waals surface area contributed by atoms with Crippen LogP contribution in [0, 0.1) is 13.8 Å². The van der Waals surface area contributed by atoms with E-state index < -0.39 is 0 Å². The Hall–Kier alpha value is -0.340. The number of alkyl halides is 1. The van der Waals surface area contributed by atoms with Gasteiger partial charge in [-0.25, -0.2) is 0 Å². The minimum Gasteiger partial charge on any atom is -0.297 e. The van der Waals surface area contributed by atoms with E-state index >= 15 is 0 Å². The lowest BCUT2D eigenvalue weighted by Gasteiger charge is -2.26. The molecule has 0 aliphatic carbocycles. The standard InChI is InChI=1S/C15H24BrN/c1-12(2)17(9-5-8-16)11-15-7-6-13(3)14(4)10-15/h6-7,10,12H,5,8-9,11H2,1-4H3. The van der Waals surface area contributed by atoms with Crippen molar-refractivity contribution in [3.63, 3.8) is 0 Å². The molecule has 0 radical (unpaired) electrons. The summed E-state index contributed by atoms with van der Waals surface area (Å²) in [5.41, 5.74) is 4.20. The third-order valence-corrected chi connectivity index (χ3v) is 3.83. The highest BCUT2D eigenvalue weighted by Gasteiger charge is 2.09. The molecule has 1 rings (SSSR count). The van der Waals surface area contributed by atoms with E-state index in [1.165, 1.54) is 23.1 Å². The minimum absolute atomic E-state index is 0.607. The summed E-state index contributed by atoms with van der Waals surface area (Å²) in [7, 11) is 0. The van der Waals surface area contributed by atoms with Gasteiger partial charge in [0.1, 0.15) is 0 Å². The predicted octanol–water partition coefficient (Wildman–Crippen LogP) is 4.30. The molecule has 0 aromatic heterocycles. The van der Waals surface area contributed by atoms with E-state index in [0.29, 0.717) is 6.04 Å². The second-order valence-electron chi connectivity index (χ2n) is 5.03. The second-order valence-corrected chi connectivity index (χ2v) is 5.82. The highest BCUT2D eigenvalue weighted by molar-refractivity contribution is 9.09. The lowest BCUT2D eigenvalue weighted by atomic mass is 10.1. The van der Waals surface area contributed by atoms with Gasteiger partial charge in [0.25, 0.3) is 0 Å². The lowest BCUT2D eigenvalue weighted by molar-refractivity contribution is 0.214. The highest BCUT2D eigenvalue weighted by Crippen LogP contribution is 2.14. The van der Waals surface area contributed by atoms with Crippen molar-refractivity contribution in [3.05, 3.63) is 34.9 Å². The summed E-state index contributed by atoms with van der Waals surface area (Å²) in [6.45, 7) is 11.1. The van der Waals surface area contributed by atoms with Crippen molar-refractivity contribution in [2.24, 2.45) is 0 Å². The lowest BCUT2D eigenvalue weighted by Crippen LogP contribution is -2.31. The minimum atomic E-state index is 0.607. The molecule has 1 nitrogen and oxygen atoms in total. The van der Waals surface area contributed by atoms with Crippen LogP contribution >= 0.6 is 15.9 Å². The van der Waals surface area contributed by atoms with Gasteiger partial charge >= 0.3 is 0 Å². The molecule has 0 saturated carbocycles. The van der Waals surface area contributed by atoms with Crippen LogP contribution in [0.3, 0.4) is 0 Å². The number of aryl methyl sites for hydroxylation is 2.